The number of nitrogens with one attached hydrogen (secondary N) is 1. The number of aliphatic imine (C=N–C) groups is 1. The lowest BCUT2D eigenvalue weighted by molar-refractivity contribution is -0.160. The molecule has 0 spiro atoms. The minimum absolute atomic E-state index is 0.00233. The van der Waals surface area contributed by atoms with Gasteiger partial charge in [-0.25, -0.2) is 0 Å². The Labute approximate surface area is 302 Å². The lowest BCUT2D eigenvalue weighted by atomic mass is 9.93. The molecule has 3 aliphatic rings. The Morgan fingerprint density at radius 2 is 1.76 bits per heavy atom. The van der Waals surface area contributed by atoms with Crippen molar-refractivity contribution in [2.45, 2.75) is 112 Å². The summed E-state index contributed by atoms with van der Waals surface area (Å²) < 4.78 is 18.2. The molecule has 0 aromatic heterocycles. The summed E-state index contributed by atoms with van der Waals surface area (Å²) in [5, 5.41) is 3.39. The van der Waals surface area contributed by atoms with Crippen LogP contribution in [0.3, 0.4) is 0 Å². The van der Waals surface area contributed by atoms with Crippen LogP contribution in [0.15, 0.2) is 64.8 Å². The van der Waals surface area contributed by atoms with Gasteiger partial charge in [-0.05, 0) is 115 Å². The molecule has 2 aliphatic carbocycles. The Balaban J connectivity index is 0.00000126. The van der Waals surface area contributed by atoms with Crippen molar-refractivity contribution in [2.75, 3.05) is 33.9 Å². The fourth-order valence-electron chi connectivity index (χ4n) is 5.76. The van der Waals surface area contributed by atoms with Gasteiger partial charge in [-0.3, -0.25) is 14.6 Å². The van der Waals surface area contributed by atoms with Crippen LogP contribution in [0.2, 0.25) is 0 Å². The lowest BCUT2D eigenvalue weighted by Crippen LogP contribution is -2.36. The van der Waals surface area contributed by atoms with Crippen molar-refractivity contribution in [3.05, 3.63) is 77.4 Å². The summed E-state index contributed by atoms with van der Waals surface area (Å²) in [5.41, 5.74) is 4.80. The smallest absolute Gasteiger partial charge is 0.309 e. The molecule has 2 bridgehead atoms. The van der Waals surface area contributed by atoms with Gasteiger partial charge in [0, 0.05) is 48.7 Å². The third-order valence-electron chi connectivity index (χ3n) is 8.40. The molecule has 1 amide bonds. The first-order valence-corrected chi connectivity index (χ1v) is 18.1. The Hall–Kier alpha value is -3.49. The number of allylic oxidation sites excluding steroid dienone is 4. The maximum atomic E-state index is 13.4. The van der Waals surface area contributed by atoms with Crippen LogP contribution in [0, 0.1) is 17.8 Å². The molecule has 8 heteroatoms. The fourth-order valence-corrected chi connectivity index (χ4v) is 5.76. The minimum Gasteiger partial charge on any atom is -0.491 e. The number of ether oxygens (including phenoxy) is 3. The van der Waals surface area contributed by atoms with Crippen LogP contribution in [0.1, 0.15) is 106 Å². The number of carbonyl (C=O) groups is 2. The molecule has 1 heterocycles. The Bertz CT molecular complexity index is 1490. The third-order valence-corrected chi connectivity index (χ3v) is 8.40. The third kappa shape index (κ3) is 12.7. The number of fused-ring (bicyclic) bond motifs is 2. The van der Waals surface area contributed by atoms with Crippen molar-refractivity contribution in [2.24, 2.45) is 16.3 Å². The summed E-state index contributed by atoms with van der Waals surface area (Å²) in [7, 11) is 3.63. The van der Waals surface area contributed by atoms with Gasteiger partial charge in [-0.2, -0.15) is 0 Å². The first kappa shape index (κ1) is 40.9. The van der Waals surface area contributed by atoms with Gasteiger partial charge in [0.25, 0.3) is 0 Å². The molecule has 1 aromatic carbocycles. The van der Waals surface area contributed by atoms with Crippen molar-refractivity contribution < 1.29 is 23.8 Å². The lowest BCUT2D eigenvalue weighted by Gasteiger charge is -2.26. The summed E-state index contributed by atoms with van der Waals surface area (Å²) in [5.74, 6) is 0.178. The zero-order valence-electron chi connectivity index (χ0n) is 32.7. The number of hydrogen-bond acceptors (Lipinski definition) is 7. The Morgan fingerprint density at radius 1 is 1.10 bits per heavy atom. The van der Waals surface area contributed by atoms with Gasteiger partial charge >= 0.3 is 5.97 Å². The number of esters is 1. The first-order valence-electron chi connectivity index (χ1n) is 18.1. The normalized spacial score (nSPS) is 23.0. The number of hydrogen-bond donors (Lipinski definition) is 1. The first-order chi connectivity index (χ1) is 23.4. The number of benzene rings is 1. The second-order valence-corrected chi connectivity index (χ2v) is 16.0. The molecular weight excluding hydrogens is 626 g/mol. The SMILES string of the molecule is CC(C)(C)C.C\C=C/C1=N\C(C)=C(\C(C)NC)c2ccc(C3(OC)C=C3)c(c2)OCCN(C(=O)C2=C[CH]2)CCCC(C(=O)OC(C)(C)C)CC1. The average molecular weight is 689 g/mol. The molecule has 1 aromatic rings. The van der Waals surface area contributed by atoms with E-state index >= 15 is 0 Å². The zero-order valence-corrected chi connectivity index (χ0v) is 32.7. The maximum absolute atomic E-state index is 13.4. The molecule has 0 saturated carbocycles. The summed E-state index contributed by atoms with van der Waals surface area (Å²) in [6.45, 7) is 21.8. The molecule has 275 valence electrons. The summed E-state index contributed by atoms with van der Waals surface area (Å²) in [4.78, 5) is 33.5. The van der Waals surface area contributed by atoms with Crippen molar-refractivity contribution in [3.8, 4) is 5.75 Å². The number of amides is 1. The quantitative estimate of drug-likeness (QED) is 0.229. The average Bonchev–Trinajstić information content (AvgIpc) is 3.94. The molecule has 4 rings (SSSR count). The van der Waals surface area contributed by atoms with Gasteiger partial charge in [-0.1, -0.05) is 52.0 Å². The van der Waals surface area contributed by atoms with E-state index in [9.17, 15) is 9.59 Å². The molecule has 8 nitrogen and oxygen atoms in total. The van der Waals surface area contributed by atoms with E-state index in [0.717, 1.165) is 28.1 Å². The predicted molar refractivity (Wildman–Crippen MR) is 205 cm³/mol. The van der Waals surface area contributed by atoms with Gasteiger partial charge < -0.3 is 24.4 Å². The summed E-state index contributed by atoms with van der Waals surface area (Å²) in [6.07, 6.45) is 14.2. The zero-order chi connectivity index (χ0) is 37.3. The second kappa shape index (κ2) is 17.6. The van der Waals surface area contributed by atoms with Crippen LogP contribution in [0.25, 0.3) is 5.57 Å². The number of rotatable bonds is 7. The number of likely N-dealkylation sites (N-methyl/N-ethyl adjacent to an activating group) is 1. The van der Waals surface area contributed by atoms with Crippen LogP contribution in [-0.4, -0.2) is 68.0 Å². The standard InChI is InChI=1S/C37H50N3O5.C5H12/c1-9-11-30-17-15-28(35(42)45-36(4,5)6)12-10-21-40(34(41)27-13-14-27)22-23-44-32-24-29(33(25(2)38-7)26(3)39-30)16-18-31(32)37(43-8)19-20-37;1-5(2,3)4/h9,11,13-14,16,18-20,24-25,28,38H,10,12,15,17,21-23H2,1-8H3;1-4H3/b11-9-,33-26-,39-30+;. The highest BCUT2D eigenvalue weighted by Gasteiger charge is 2.39. The topological polar surface area (TPSA) is 89.5 Å². The van der Waals surface area contributed by atoms with Crippen molar-refractivity contribution in [3.63, 3.8) is 0 Å². The Kier molecular flexibility index (Phi) is 14.4. The van der Waals surface area contributed by atoms with Gasteiger partial charge in [0.15, 0.2) is 0 Å². The molecule has 1 N–H and O–H groups in total. The molecule has 1 radical (unpaired) electrons. The monoisotopic (exact) mass is 688 g/mol. The van der Waals surface area contributed by atoms with Crippen LogP contribution in [-0.2, 0) is 24.7 Å². The van der Waals surface area contributed by atoms with E-state index in [1.807, 2.05) is 83.4 Å². The predicted octanol–water partition coefficient (Wildman–Crippen LogP) is 8.39. The van der Waals surface area contributed by atoms with E-state index in [1.54, 1.807) is 7.11 Å². The van der Waals surface area contributed by atoms with Crippen molar-refractivity contribution in [1.82, 2.24) is 10.2 Å². The van der Waals surface area contributed by atoms with Gasteiger partial charge in [0.2, 0.25) is 5.91 Å². The molecule has 2 atom stereocenters. The fraction of sp³-hybridized carbons (Fsp3) is 0.571. The van der Waals surface area contributed by atoms with Gasteiger partial charge in [-0.15, -0.1) is 0 Å². The Morgan fingerprint density at radius 3 is 2.30 bits per heavy atom. The molecule has 2 unspecified atom stereocenters. The highest BCUT2D eigenvalue weighted by atomic mass is 16.6. The molecule has 1 aliphatic heterocycles. The van der Waals surface area contributed by atoms with Crippen LogP contribution < -0.4 is 10.1 Å². The molecule has 0 fully saturated rings. The van der Waals surface area contributed by atoms with E-state index in [1.165, 1.54) is 0 Å². The van der Waals surface area contributed by atoms with Crippen LogP contribution >= 0.6 is 0 Å². The number of carbonyl (C=O) groups excluding carboxylic acids is 2. The van der Waals surface area contributed by atoms with E-state index in [0.29, 0.717) is 62.1 Å². The van der Waals surface area contributed by atoms with E-state index in [4.69, 9.17) is 19.2 Å². The van der Waals surface area contributed by atoms with Gasteiger partial charge in [0.1, 0.15) is 23.6 Å². The highest BCUT2D eigenvalue weighted by molar-refractivity contribution is 6.01. The van der Waals surface area contributed by atoms with E-state index in [-0.39, 0.29) is 23.8 Å². The van der Waals surface area contributed by atoms with Crippen LogP contribution in [0.5, 0.6) is 5.75 Å². The van der Waals surface area contributed by atoms with E-state index < -0.39 is 11.2 Å². The number of methoxy groups -OCH3 is 1. The summed E-state index contributed by atoms with van der Waals surface area (Å²) >= 11 is 0. The summed E-state index contributed by atoms with van der Waals surface area (Å²) in [6, 6.07) is 6.22. The van der Waals surface area contributed by atoms with Gasteiger partial charge in [0.05, 0.1) is 12.5 Å². The van der Waals surface area contributed by atoms with E-state index in [2.05, 4.69) is 58.1 Å². The minimum atomic E-state index is -0.586. The number of nitrogens with zero attached hydrogens (tertiary/aromatic N) is 2. The second-order valence-electron chi connectivity index (χ2n) is 16.0. The molecule has 50 heavy (non-hydrogen) atoms. The van der Waals surface area contributed by atoms with Crippen molar-refractivity contribution in [1.29, 1.82) is 0 Å². The molecular formula is C42H62N3O5. The largest absolute Gasteiger partial charge is 0.491 e. The highest BCUT2D eigenvalue weighted by Crippen LogP contribution is 2.45. The van der Waals surface area contributed by atoms with Crippen LogP contribution in [0.4, 0.5) is 0 Å². The molecule has 0 saturated heterocycles. The maximum Gasteiger partial charge on any atom is 0.309 e. The van der Waals surface area contributed by atoms with Crippen molar-refractivity contribution >= 4 is 23.2 Å².